The number of benzene rings is 2. The normalized spacial score (nSPS) is 22.2. The van der Waals surface area contributed by atoms with E-state index < -0.39 is 0 Å². The Hall–Kier alpha value is -1.90. The van der Waals surface area contributed by atoms with E-state index in [1.807, 2.05) is 7.05 Å². The Morgan fingerprint density at radius 3 is 2.41 bits per heavy atom. The summed E-state index contributed by atoms with van der Waals surface area (Å²) in [6.07, 6.45) is 5.74. The predicted molar refractivity (Wildman–Crippen MR) is 144 cm³/mol. The number of rotatable bonds is 6. The third-order valence-corrected chi connectivity index (χ3v) is 6.22. The number of nitrogens with zero attached hydrogens (tertiary/aromatic N) is 3. The van der Waals surface area contributed by atoms with E-state index >= 15 is 0 Å². The molecule has 2 saturated heterocycles. The van der Waals surface area contributed by atoms with Gasteiger partial charge in [-0.2, -0.15) is 0 Å². The molecular weight excluding hydrogens is 511 g/mol. The maximum absolute atomic E-state index is 6.04. The first kappa shape index (κ1) is 24.7. The Morgan fingerprint density at radius 2 is 1.72 bits per heavy atom. The number of nitrogens with one attached hydrogen (secondary N) is 1. The van der Waals surface area contributed by atoms with E-state index in [9.17, 15) is 0 Å². The molecule has 2 aromatic carbocycles. The largest absolute Gasteiger partial charge is 0.373 e. The Bertz CT molecular complexity index is 851. The van der Waals surface area contributed by atoms with Gasteiger partial charge in [0.05, 0.1) is 6.10 Å². The van der Waals surface area contributed by atoms with Crippen molar-refractivity contribution in [3.05, 3.63) is 77.9 Å². The molecule has 2 aromatic rings. The van der Waals surface area contributed by atoms with Gasteiger partial charge in [-0.15, -0.1) is 24.0 Å². The zero-order valence-electron chi connectivity index (χ0n) is 18.9. The van der Waals surface area contributed by atoms with E-state index in [0.717, 1.165) is 58.3 Å². The van der Waals surface area contributed by atoms with Gasteiger partial charge in [0.25, 0.3) is 0 Å². The zero-order chi connectivity index (χ0) is 21.3. The summed E-state index contributed by atoms with van der Waals surface area (Å²) in [6, 6.07) is 21.1. The van der Waals surface area contributed by atoms with Gasteiger partial charge in [-0.1, -0.05) is 72.8 Å². The highest BCUT2D eigenvalue weighted by Gasteiger charge is 2.30. The highest BCUT2D eigenvalue weighted by molar-refractivity contribution is 14.0. The van der Waals surface area contributed by atoms with Gasteiger partial charge in [0.2, 0.25) is 0 Å². The van der Waals surface area contributed by atoms with Crippen LogP contribution in [-0.2, 0) is 4.74 Å². The molecule has 4 rings (SSSR count). The van der Waals surface area contributed by atoms with Gasteiger partial charge in [0.1, 0.15) is 0 Å². The van der Waals surface area contributed by atoms with Crippen LogP contribution in [0.1, 0.15) is 23.7 Å². The van der Waals surface area contributed by atoms with Gasteiger partial charge in [-0.05, 0) is 17.5 Å². The number of aliphatic imine (C=N–C) groups is 1. The first-order valence-corrected chi connectivity index (χ1v) is 11.4. The quantitative estimate of drug-likeness (QED) is 0.334. The molecule has 1 N–H and O–H groups in total. The first-order chi connectivity index (χ1) is 15.3. The number of piperazine rings is 1. The van der Waals surface area contributed by atoms with Gasteiger partial charge < -0.3 is 15.0 Å². The highest BCUT2D eigenvalue weighted by atomic mass is 127. The lowest BCUT2D eigenvalue weighted by atomic mass is 9.95. The number of halogens is 1. The summed E-state index contributed by atoms with van der Waals surface area (Å²) in [5, 5.41) is 3.62. The number of ether oxygens (including phenoxy) is 1. The molecule has 0 radical (unpaired) electrons. The van der Waals surface area contributed by atoms with Crippen molar-refractivity contribution < 1.29 is 4.74 Å². The van der Waals surface area contributed by atoms with Crippen LogP contribution in [0, 0.1) is 5.92 Å². The minimum absolute atomic E-state index is 0. The van der Waals surface area contributed by atoms with Crippen molar-refractivity contribution in [3.63, 3.8) is 0 Å². The summed E-state index contributed by atoms with van der Waals surface area (Å²) in [4.78, 5) is 9.43. The lowest BCUT2D eigenvalue weighted by Gasteiger charge is -2.36. The summed E-state index contributed by atoms with van der Waals surface area (Å²) in [6.45, 7) is 6.83. The molecule has 2 atom stereocenters. The second kappa shape index (κ2) is 13.0. The minimum atomic E-state index is 0. The third-order valence-electron chi connectivity index (χ3n) is 6.22. The summed E-state index contributed by atoms with van der Waals surface area (Å²) in [5.41, 5.74) is 2.54. The molecule has 2 aliphatic rings. The molecule has 0 spiro atoms. The SMILES string of the molecule is CN=C(NCC1CCOC1c1ccccc1)N1CCN(C/C=C/c2ccccc2)CC1.I. The predicted octanol–water partition coefficient (Wildman–Crippen LogP) is 4.29. The van der Waals surface area contributed by atoms with E-state index in [1.54, 1.807) is 0 Å². The van der Waals surface area contributed by atoms with Crippen LogP contribution in [0.4, 0.5) is 0 Å². The molecule has 172 valence electrons. The van der Waals surface area contributed by atoms with Crippen molar-refractivity contribution in [1.29, 1.82) is 0 Å². The van der Waals surface area contributed by atoms with Crippen LogP contribution >= 0.6 is 24.0 Å². The summed E-state index contributed by atoms with van der Waals surface area (Å²) < 4.78 is 6.04. The third kappa shape index (κ3) is 6.80. The van der Waals surface area contributed by atoms with Crippen LogP contribution in [0.25, 0.3) is 6.08 Å². The van der Waals surface area contributed by atoms with E-state index in [0.29, 0.717) is 5.92 Å². The van der Waals surface area contributed by atoms with Crippen molar-refractivity contribution in [2.75, 3.05) is 52.9 Å². The number of hydrogen-bond acceptors (Lipinski definition) is 3. The van der Waals surface area contributed by atoms with Crippen LogP contribution in [0.5, 0.6) is 0 Å². The summed E-state index contributed by atoms with van der Waals surface area (Å²) in [7, 11) is 1.89. The van der Waals surface area contributed by atoms with Gasteiger partial charge in [-0.3, -0.25) is 9.89 Å². The van der Waals surface area contributed by atoms with Gasteiger partial charge in [-0.25, -0.2) is 0 Å². The van der Waals surface area contributed by atoms with Gasteiger partial charge in [0, 0.05) is 58.8 Å². The van der Waals surface area contributed by atoms with E-state index in [1.165, 1.54) is 11.1 Å². The van der Waals surface area contributed by atoms with E-state index in [-0.39, 0.29) is 30.1 Å². The molecule has 2 fully saturated rings. The van der Waals surface area contributed by atoms with E-state index in [2.05, 4.69) is 92.9 Å². The molecular formula is C26H35IN4O. The fourth-order valence-electron chi connectivity index (χ4n) is 4.45. The van der Waals surface area contributed by atoms with Crippen molar-refractivity contribution >= 4 is 36.0 Å². The van der Waals surface area contributed by atoms with Gasteiger partial charge >= 0.3 is 0 Å². The first-order valence-electron chi connectivity index (χ1n) is 11.4. The second-order valence-corrected chi connectivity index (χ2v) is 8.28. The number of guanidine groups is 1. The van der Waals surface area contributed by atoms with Gasteiger partial charge in [0.15, 0.2) is 5.96 Å². The van der Waals surface area contributed by atoms with Crippen LogP contribution < -0.4 is 5.32 Å². The van der Waals surface area contributed by atoms with E-state index in [4.69, 9.17) is 4.74 Å². The average molecular weight is 546 g/mol. The van der Waals surface area contributed by atoms with Crippen LogP contribution in [0.2, 0.25) is 0 Å². The van der Waals surface area contributed by atoms with Crippen molar-refractivity contribution in [1.82, 2.24) is 15.1 Å². The Morgan fingerprint density at radius 1 is 1.03 bits per heavy atom. The smallest absolute Gasteiger partial charge is 0.193 e. The lowest BCUT2D eigenvalue weighted by molar-refractivity contribution is 0.0912. The lowest BCUT2D eigenvalue weighted by Crippen LogP contribution is -2.53. The second-order valence-electron chi connectivity index (χ2n) is 8.28. The Balaban J connectivity index is 0.00000289. The molecule has 2 heterocycles. The fraction of sp³-hybridized carbons (Fsp3) is 0.423. The molecule has 6 heteroatoms. The molecule has 0 saturated carbocycles. The maximum atomic E-state index is 6.04. The fourth-order valence-corrected chi connectivity index (χ4v) is 4.45. The molecule has 0 aromatic heterocycles. The van der Waals surface area contributed by atoms with Crippen molar-refractivity contribution in [3.8, 4) is 0 Å². The van der Waals surface area contributed by atoms with Crippen LogP contribution in [0.3, 0.4) is 0 Å². The Kier molecular flexibility index (Phi) is 10.0. The molecule has 5 nitrogen and oxygen atoms in total. The van der Waals surface area contributed by atoms with Crippen LogP contribution in [0.15, 0.2) is 71.7 Å². The summed E-state index contributed by atoms with van der Waals surface area (Å²) >= 11 is 0. The summed E-state index contributed by atoms with van der Waals surface area (Å²) in [5.74, 6) is 1.49. The molecule has 32 heavy (non-hydrogen) atoms. The molecule has 0 bridgehead atoms. The molecule has 2 unspecified atom stereocenters. The average Bonchev–Trinajstić information content (AvgIpc) is 3.30. The molecule has 0 aliphatic carbocycles. The Labute approximate surface area is 209 Å². The minimum Gasteiger partial charge on any atom is -0.373 e. The zero-order valence-corrected chi connectivity index (χ0v) is 21.2. The van der Waals surface area contributed by atoms with Crippen LogP contribution in [-0.4, -0.2) is 68.7 Å². The maximum Gasteiger partial charge on any atom is 0.193 e. The number of hydrogen-bond donors (Lipinski definition) is 1. The standard InChI is InChI=1S/C26H34N4O.HI/c1-27-26(28-21-24-14-20-31-25(24)23-12-6-3-7-13-23)30-18-16-29(17-19-30)15-8-11-22-9-4-2-5-10-22;/h2-13,24-25H,14-21H2,1H3,(H,27,28);1H/b11-8+;. The molecule has 0 amide bonds. The van der Waals surface area contributed by atoms with Crippen molar-refractivity contribution in [2.45, 2.75) is 12.5 Å². The van der Waals surface area contributed by atoms with Crippen molar-refractivity contribution in [2.24, 2.45) is 10.9 Å². The highest BCUT2D eigenvalue weighted by Crippen LogP contribution is 2.33. The molecule has 2 aliphatic heterocycles. The monoisotopic (exact) mass is 546 g/mol. The topological polar surface area (TPSA) is 40.1 Å².